The quantitative estimate of drug-likeness (QED) is 0.598. The largest absolute Gasteiger partial charge is 4.00 e. The molecular formula is C15H34O4Ti+4. The van der Waals surface area contributed by atoms with E-state index in [0.29, 0.717) is 5.78 Å². The molecule has 0 unspecified atom stereocenters. The molecule has 0 spiro atoms. The van der Waals surface area contributed by atoms with Crippen molar-refractivity contribution >= 4 is 5.78 Å². The Morgan fingerprint density at radius 3 is 1.00 bits per heavy atom. The van der Waals surface area contributed by atoms with Gasteiger partial charge in [-0.05, 0) is 54.4 Å². The number of carbonyl (C=O) groups is 1. The van der Waals surface area contributed by atoms with E-state index in [1.807, 2.05) is 0 Å². The Morgan fingerprint density at radius 2 is 0.900 bits per heavy atom. The molecule has 0 aromatic rings. The summed E-state index contributed by atoms with van der Waals surface area (Å²) in [7, 11) is 0. The molecule has 5 heteroatoms. The molecule has 1 aliphatic carbocycles. The van der Waals surface area contributed by atoms with Crippen LogP contribution in [-0.2, 0) is 26.5 Å². The first-order chi connectivity index (χ1) is 8.59. The van der Waals surface area contributed by atoms with Crippen molar-refractivity contribution in [3.63, 3.8) is 0 Å². The van der Waals surface area contributed by atoms with Gasteiger partial charge < -0.3 is 15.3 Å². The van der Waals surface area contributed by atoms with E-state index in [9.17, 15) is 4.79 Å². The minimum absolute atomic E-state index is 0. The van der Waals surface area contributed by atoms with Crippen LogP contribution < -0.4 is 0 Å². The second kappa shape index (κ2) is 21.6. The average Bonchev–Trinajstić information content (AvgIpc) is 2.15. The van der Waals surface area contributed by atoms with Crippen LogP contribution in [-0.4, -0.2) is 39.4 Å². The van der Waals surface area contributed by atoms with Crippen molar-refractivity contribution in [3.05, 3.63) is 0 Å². The van der Waals surface area contributed by atoms with E-state index in [1.165, 1.54) is 6.42 Å². The van der Waals surface area contributed by atoms with Gasteiger partial charge in [0.25, 0.3) is 0 Å². The van der Waals surface area contributed by atoms with Gasteiger partial charge in [0.1, 0.15) is 5.78 Å². The Kier molecular flexibility index (Phi) is 30.6. The smallest absolute Gasteiger partial charge is 0.394 e. The Labute approximate surface area is 139 Å². The monoisotopic (exact) mass is 326 g/mol. The number of carbonyl (C=O) groups excluding carboxylic acids is 1. The molecule has 118 valence electrons. The molecule has 0 aromatic carbocycles. The molecular weight excluding hydrogens is 292 g/mol. The van der Waals surface area contributed by atoms with Crippen molar-refractivity contribution in [2.45, 2.75) is 92.0 Å². The second-order valence-corrected chi connectivity index (χ2v) is 5.38. The molecule has 0 heterocycles. The fourth-order valence-corrected chi connectivity index (χ4v) is 0.946. The molecule has 0 bridgehead atoms. The Balaban J connectivity index is -0.0000000881. The van der Waals surface area contributed by atoms with Gasteiger partial charge in [-0.15, -0.1) is 0 Å². The first-order valence-corrected chi connectivity index (χ1v) is 7.15. The van der Waals surface area contributed by atoms with Gasteiger partial charge in [0, 0.05) is 31.2 Å². The summed E-state index contributed by atoms with van der Waals surface area (Å²) < 4.78 is 0. The van der Waals surface area contributed by atoms with E-state index >= 15 is 0 Å². The first-order valence-electron chi connectivity index (χ1n) is 7.15. The minimum Gasteiger partial charge on any atom is -0.394 e. The van der Waals surface area contributed by atoms with Crippen molar-refractivity contribution in [1.29, 1.82) is 0 Å². The predicted octanol–water partition coefficient (Wildman–Crippen LogP) is 2.68. The predicted molar refractivity (Wildman–Crippen MR) is 80.2 cm³/mol. The first kappa shape index (κ1) is 28.4. The van der Waals surface area contributed by atoms with Gasteiger partial charge >= 0.3 is 21.7 Å². The molecule has 0 amide bonds. The fourth-order valence-electron chi connectivity index (χ4n) is 0.946. The number of hydrogen-bond acceptors (Lipinski definition) is 4. The van der Waals surface area contributed by atoms with E-state index in [4.69, 9.17) is 15.3 Å². The maximum Gasteiger partial charge on any atom is 4.00 e. The van der Waals surface area contributed by atoms with Crippen molar-refractivity contribution in [1.82, 2.24) is 0 Å². The topological polar surface area (TPSA) is 77.8 Å². The summed E-state index contributed by atoms with van der Waals surface area (Å²) in [6.45, 7) is 10.3. The van der Waals surface area contributed by atoms with Gasteiger partial charge in [-0.3, -0.25) is 4.79 Å². The van der Waals surface area contributed by atoms with Gasteiger partial charge in [-0.2, -0.15) is 0 Å². The van der Waals surface area contributed by atoms with Crippen molar-refractivity contribution in [2.24, 2.45) is 0 Å². The molecule has 0 radical (unpaired) electrons. The number of Topliss-reactive ketones (excluding diaryl/α,β-unsaturated/α-hetero) is 1. The summed E-state index contributed by atoms with van der Waals surface area (Å²) in [5.41, 5.74) is 0. The van der Waals surface area contributed by atoms with Crippen LogP contribution in [0, 0.1) is 0 Å². The SMILES string of the molecule is CC(C)O.CC(C)O.CC(C)O.O=C1CCCCC1.[Ti+4]. The third-order valence-electron chi connectivity index (χ3n) is 1.41. The molecule has 0 aliphatic heterocycles. The standard InChI is InChI=1S/C6H10O.3C3H8O.Ti/c7-6-4-2-1-3-5-6;3*1-3(2)4;/h1-5H2;3*3-4H,1-2H3;/q;;;;+4. The van der Waals surface area contributed by atoms with Gasteiger partial charge in [-0.25, -0.2) is 0 Å². The summed E-state index contributed by atoms with van der Waals surface area (Å²) in [4.78, 5) is 10.5. The fraction of sp³-hybridized carbons (Fsp3) is 0.933. The number of aliphatic hydroxyl groups is 3. The summed E-state index contributed by atoms with van der Waals surface area (Å²) >= 11 is 0. The van der Waals surface area contributed by atoms with Crippen molar-refractivity contribution < 1.29 is 41.8 Å². The summed E-state index contributed by atoms with van der Waals surface area (Å²) in [5.74, 6) is 0.464. The molecule has 0 saturated heterocycles. The number of aliphatic hydroxyl groups excluding tert-OH is 3. The number of rotatable bonds is 0. The summed E-state index contributed by atoms with van der Waals surface area (Å²) in [6.07, 6.45) is 4.74. The number of ketones is 1. The van der Waals surface area contributed by atoms with Crippen LogP contribution in [0.5, 0.6) is 0 Å². The number of hydrogen-bond donors (Lipinski definition) is 3. The van der Waals surface area contributed by atoms with Crippen LogP contribution in [0.15, 0.2) is 0 Å². The zero-order valence-corrected chi connectivity index (χ0v) is 15.6. The Hall–Kier alpha value is 0.264. The van der Waals surface area contributed by atoms with Crippen LogP contribution in [0.3, 0.4) is 0 Å². The Morgan fingerprint density at radius 1 is 0.700 bits per heavy atom. The van der Waals surface area contributed by atoms with Gasteiger partial charge in [0.2, 0.25) is 0 Å². The summed E-state index contributed by atoms with van der Waals surface area (Å²) in [5, 5.41) is 24.2. The third kappa shape index (κ3) is 79.7. The van der Waals surface area contributed by atoms with Crippen LogP contribution in [0.4, 0.5) is 0 Å². The van der Waals surface area contributed by atoms with E-state index in [0.717, 1.165) is 25.7 Å². The van der Waals surface area contributed by atoms with Crippen LogP contribution >= 0.6 is 0 Å². The second-order valence-electron chi connectivity index (χ2n) is 5.38. The zero-order valence-electron chi connectivity index (χ0n) is 14.0. The van der Waals surface area contributed by atoms with Crippen molar-refractivity contribution in [2.75, 3.05) is 0 Å². The van der Waals surface area contributed by atoms with Crippen LogP contribution in [0.25, 0.3) is 0 Å². The van der Waals surface area contributed by atoms with Crippen LogP contribution in [0.1, 0.15) is 73.6 Å². The molecule has 1 aliphatic rings. The molecule has 0 aromatic heterocycles. The maximum absolute atomic E-state index is 10.5. The molecule has 4 nitrogen and oxygen atoms in total. The molecule has 1 fully saturated rings. The van der Waals surface area contributed by atoms with Crippen molar-refractivity contribution in [3.8, 4) is 0 Å². The molecule has 1 rings (SSSR count). The van der Waals surface area contributed by atoms with Gasteiger partial charge in [0.15, 0.2) is 0 Å². The van der Waals surface area contributed by atoms with E-state index in [2.05, 4.69) is 0 Å². The Bertz CT molecular complexity index is 152. The summed E-state index contributed by atoms with van der Waals surface area (Å²) in [6, 6.07) is 0. The van der Waals surface area contributed by atoms with E-state index in [-0.39, 0.29) is 40.0 Å². The van der Waals surface area contributed by atoms with Gasteiger partial charge in [0.05, 0.1) is 0 Å². The molecule has 20 heavy (non-hydrogen) atoms. The van der Waals surface area contributed by atoms with Gasteiger partial charge in [-0.1, -0.05) is 6.42 Å². The average molecular weight is 326 g/mol. The molecule has 3 N–H and O–H groups in total. The minimum atomic E-state index is -0.167. The van der Waals surface area contributed by atoms with E-state index in [1.54, 1.807) is 41.5 Å². The third-order valence-corrected chi connectivity index (χ3v) is 1.41. The normalized spacial score (nSPS) is 13.3. The maximum atomic E-state index is 10.5. The van der Waals surface area contributed by atoms with Crippen LogP contribution in [0.2, 0.25) is 0 Å². The molecule has 0 atom stereocenters. The zero-order chi connectivity index (χ0) is 15.8. The molecule has 1 saturated carbocycles. The van der Waals surface area contributed by atoms with E-state index < -0.39 is 0 Å².